The molecule has 5 heteroatoms. The normalized spacial score (nSPS) is 18.9. The van der Waals surface area contributed by atoms with Crippen LogP contribution >= 0.6 is 0 Å². The standard InChI is InChI=1S/C10H13N3O2/c1-3-5-13-8(7(4-2)6-11)12-9(14)10(13)15/h3-5H2,1-2H3,(H,12,14)/b8-7+. The van der Waals surface area contributed by atoms with Gasteiger partial charge in [-0.1, -0.05) is 13.8 Å². The van der Waals surface area contributed by atoms with E-state index in [0.717, 1.165) is 6.42 Å². The van der Waals surface area contributed by atoms with Gasteiger partial charge in [0.2, 0.25) is 0 Å². The van der Waals surface area contributed by atoms with Gasteiger partial charge >= 0.3 is 11.8 Å². The van der Waals surface area contributed by atoms with Crippen molar-refractivity contribution in [2.24, 2.45) is 0 Å². The molecular weight excluding hydrogens is 194 g/mol. The first-order valence-corrected chi connectivity index (χ1v) is 4.91. The number of amides is 2. The number of hydrogen-bond donors (Lipinski definition) is 1. The number of nitrogens with one attached hydrogen (secondary N) is 1. The molecule has 15 heavy (non-hydrogen) atoms. The summed E-state index contributed by atoms with van der Waals surface area (Å²) in [6.07, 6.45) is 1.24. The molecule has 0 radical (unpaired) electrons. The van der Waals surface area contributed by atoms with Gasteiger partial charge in [0.15, 0.2) is 0 Å². The van der Waals surface area contributed by atoms with E-state index in [4.69, 9.17) is 5.26 Å². The van der Waals surface area contributed by atoms with Gasteiger partial charge < -0.3 is 5.32 Å². The van der Waals surface area contributed by atoms with Crippen molar-refractivity contribution in [2.45, 2.75) is 26.7 Å². The zero-order chi connectivity index (χ0) is 11.4. The molecule has 0 unspecified atom stereocenters. The summed E-state index contributed by atoms with van der Waals surface area (Å²) in [5, 5.41) is 11.3. The summed E-state index contributed by atoms with van der Waals surface area (Å²) in [7, 11) is 0. The Morgan fingerprint density at radius 2 is 2.13 bits per heavy atom. The average Bonchev–Trinajstić information content (AvgIpc) is 2.49. The molecule has 5 nitrogen and oxygen atoms in total. The van der Waals surface area contributed by atoms with Crippen molar-refractivity contribution in [3.8, 4) is 6.07 Å². The molecule has 0 aromatic carbocycles. The lowest BCUT2D eigenvalue weighted by molar-refractivity contribution is -0.140. The van der Waals surface area contributed by atoms with Crippen LogP contribution in [-0.4, -0.2) is 23.3 Å². The molecule has 1 saturated heterocycles. The van der Waals surface area contributed by atoms with E-state index in [0.29, 0.717) is 24.4 Å². The van der Waals surface area contributed by atoms with Crippen LogP contribution in [0.2, 0.25) is 0 Å². The molecule has 1 N–H and O–H groups in total. The lowest BCUT2D eigenvalue weighted by Gasteiger charge is -2.15. The quantitative estimate of drug-likeness (QED) is 0.541. The highest BCUT2D eigenvalue weighted by atomic mass is 16.2. The maximum atomic E-state index is 11.4. The van der Waals surface area contributed by atoms with Gasteiger partial charge in [-0.25, -0.2) is 0 Å². The molecule has 0 spiro atoms. The summed E-state index contributed by atoms with van der Waals surface area (Å²) in [5.41, 5.74) is 0.433. The summed E-state index contributed by atoms with van der Waals surface area (Å²) < 4.78 is 0. The highest BCUT2D eigenvalue weighted by Gasteiger charge is 2.34. The zero-order valence-corrected chi connectivity index (χ0v) is 8.83. The number of nitrogens with zero attached hydrogens (tertiary/aromatic N) is 2. The van der Waals surface area contributed by atoms with Crippen molar-refractivity contribution in [1.29, 1.82) is 5.26 Å². The molecule has 0 saturated carbocycles. The third kappa shape index (κ3) is 1.99. The number of carbonyl (C=O) groups excluding carboxylic acids is 2. The summed E-state index contributed by atoms with van der Waals surface area (Å²) in [5.74, 6) is -0.871. The molecule has 0 atom stereocenters. The molecule has 80 valence electrons. The Labute approximate surface area is 88.4 Å². The molecule has 1 aliphatic rings. The van der Waals surface area contributed by atoms with E-state index < -0.39 is 11.8 Å². The second-order valence-electron chi connectivity index (χ2n) is 3.20. The van der Waals surface area contributed by atoms with Crippen molar-refractivity contribution >= 4 is 11.8 Å². The number of rotatable bonds is 3. The van der Waals surface area contributed by atoms with Crippen LogP contribution in [0.15, 0.2) is 11.4 Å². The third-order valence-electron chi connectivity index (χ3n) is 2.16. The molecule has 1 fully saturated rings. The van der Waals surface area contributed by atoms with Crippen LogP contribution in [0.25, 0.3) is 0 Å². The smallest absolute Gasteiger partial charge is 0.303 e. The molecule has 1 aliphatic heterocycles. The number of nitriles is 1. The van der Waals surface area contributed by atoms with Crippen LogP contribution in [0, 0.1) is 11.3 Å². The Bertz CT molecular complexity index is 365. The molecule has 1 rings (SSSR count). The monoisotopic (exact) mass is 207 g/mol. The van der Waals surface area contributed by atoms with E-state index in [1.807, 2.05) is 19.9 Å². The minimum Gasteiger partial charge on any atom is -0.303 e. The lowest BCUT2D eigenvalue weighted by Crippen LogP contribution is -2.27. The Morgan fingerprint density at radius 1 is 1.47 bits per heavy atom. The SMILES string of the molecule is CCCN1C(=O)C(=O)N/C1=C(\C#N)CC. The second kappa shape index (κ2) is 4.60. The van der Waals surface area contributed by atoms with Gasteiger partial charge in [0.05, 0.1) is 11.6 Å². The van der Waals surface area contributed by atoms with E-state index in [9.17, 15) is 9.59 Å². The first kappa shape index (κ1) is 11.2. The summed E-state index contributed by atoms with van der Waals surface area (Å²) in [6, 6.07) is 1.99. The fourth-order valence-corrected chi connectivity index (χ4v) is 1.43. The summed E-state index contributed by atoms with van der Waals surface area (Å²) >= 11 is 0. The fourth-order valence-electron chi connectivity index (χ4n) is 1.43. The van der Waals surface area contributed by atoms with Crippen molar-refractivity contribution < 1.29 is 9.59 Å². The van der Waals surface area contributed by atoms with Crippen molar-refractivity contribution in [3.05, 3.63) is 11.4 Å². The zero-order valence-electron chi connectivity index (χ0n) is 8.83. The molecule has 0 aromatic rings. The fraction of sp³-hybridized carbons (Fsp3) is 0.500. The van der Waals surface area contributed by atoms with Crippen molar-refractivity contribution in [2.75, 3.05) is 6.54 Å². The number of allylic oxidation sites excluding steroid dienone is 1. The maximum absolute atomic E-state index is 11.4. The number of carbonyl (C=O) groups is 2. The molecular formula is C10H13N3O2. The largest absolute Gasteiger partial charge is 0.317 e. The van der Waals surface area contributed by atoms with Crippen LogP contribution in [0.5, 0.6) is 0 Å². The summed E-state index contributed by atoms with van der Waals surface area (Å²) in [6.45, 7) is 4.18. The van der Waals surface area contributed by atoms with Gasteiger partial charge in [-0.2, -0.15) is 5.26 Å². The van der Waals surface area contributed by atoms with Gasteiger partial charge in [0.1, 0.15) is 5.82 Å². The van der Waals surface area contributed by atoms with Crippen LogP contribution in [0.3, 0.4) is 0 Å². The molecule has 0 aromatic heterocycles. The molecule has 2 amide bonds. The van der Waals surface area contributed by atoms with Crippen molar-refractivity contribution in [1.82, 2.24) is 10.2 Å². The van der Waals surface area contributed by atoms with Gasteiger partial charge in [-0.3, -0.25) is 14.5 Å². The predicted molar refractivity (Wildman–Crippen MR) is 53.1 cm³/mol. The minimum atomic E-state index is -0.653. The van der Waals surface area contributed by atoms with E-state index in [1.54, 1.807) is 0 Å². The van der Waals surface area contributed by atoms with Gasteiger partial charge in [-0.15, -0.1) is 0 Å². The van der Waals surface area contributed by atoms with E-state index in [-0.39, 0.29) is 0 Å². The Hall–Kier alpha value is -1.83. The first-order chi connectivity index (χ1) is 7.15. The van der Waals surface area contributed by atoms with Gasteiger partial charge in [0.25, 0.3) is 0 Å². The Kier molecular flexibility index (Phi) is 3.45. The van der Waals surface area contributed by atoms with Crippen LogP contribution in [0.1, 0.15) is 26.7 Å². The first-order valence-electron chi connectivity index (χ1n) is 4.91. The molecule has 0 bridgehead atoms. The predicted octanol–water partition coefficient (Wildman–Crippen LogP) is 0.500. The topological polar surface area (TPSA) is 73.2 Å². The lowest BCUT2D eigenvalue weighted by atomic mass is 10.2. The van der Waals surface area contributed by atoms with E-state index in [2.05, 4.69) is 5.32 Å². The van der Waals surface area contributed by atoms with Crippen LogP contribution in [-0.2, 0) is 9.59 Å². The maximum Gasteiger partial charge on any atom is 0.317 e. The van der Waals surface area contributed by atoms with E-state index in [1.165, 1.54) is 4.90 Å². The minimum absolute atomic E-state index is 0.358. The highest BCUT2D eigenvalue weighted by molar-refractivity contribution is 6.38. The Balaban J connectivity index is 3.09. The Morgan fingerprint density at radius 3 is 2.60 bits per heavy atom. The highest BCUT2D eigenvalue weighted by Crippen LogP contribution is 2.16. The second-order valence-corrected chi connectivity index (χ2v) is 3.20. The van der Waals surface area contributed by atoms with Crippen LogP contribution in [0.4, 0.5) is 0 Å². The number of hydrogen-bond acceptors (Lipinski definition) is 3. The van der Waals surface area contributed by atoms with E-state index >= 15 is 0 Å². The summed E-state index contributed by atoms with van der Waals surface area (Å²) in [4.78, 5) is 23.9. The molecule has 0 aliphatic carbocycles. The third-order valence-corrected chi connectivity index (χ3v) is 2.16. The van der Waals surface area contributed by atoms with Crippen LogP contribution < -0.4 is 5.32 Å². The van der Waals surface area contributed by atoms with Crippen molar-refractivity contribution in [3.63, 3.8) is 0 Å². The van der Waals surface area contributed by atoms with Gasteiger partial charge in [0, 0.05) is 6.54 Å². The van der Waals surface area contributed by atoms with Gasteiger partial charge in [-0.05, 0) is 12.8 Å². The molecule has 1 heterocycles. The average molecular weight is 207 g/mol.